The number of pyridine rings is 1. The third kappa shape index (κ3) is 3.26. The van der Waals surface area contributed by atoms with Crippen molar-refractivity contribution >= 4 is 46.4 Å². The summed E-state index contributed by atoms with van der Waals surface area (Å²) in [4.78, 5) is 3.98. The Kier molecular flexibility index (Phi) is 4.16. The number of aromatic nitrogens is 1. The summed E-state index contributed by atoms with van der Waals surface area (Å²) in [5.41, 5.74) is 1.92. The summed E-state index contributed by atoms with van der Waals surface area (Å²) in [5.74, 6) is 0. The Labute approximate surface area is 119 Å². The number of rotatable bonds is 2. The minimum atomic E-state index is 0.382. The SMILES string of the molecule is Clc1ccc(Cc2ccc(Cl)c(Cl)c2)c(Cl)n1. The van der Waals surface area contributed by atoms with Gasteiger partial charge in [-0.05, 0) is 29.3 Å². The van der Waals surface area contributed by atoms with Crippen molar-refractivity contribution in [3.8, 4) is 0 Å². The van der Waals surface area contributed by atoms with Gasteiger partial charge >= 0.3 is 0 Å². The average molecular weight is 307 g/mol. The molecule has 2 rings (SSSR count). The van der Waals surface area contributed by atoms with E-state index >= 15 is 0 Å². The molecule has 0 radical (unpaired) electrons. The molecule has 0 bridgehead atoms. The first-order chi connectivity index (χ1) is 8.06. The lowest BCUT2D eigenvalue weighted by Gasteiger charge is -2.05. The average Bonchev–Trinajstić information content (AvgIpc) is 2.27. The van der Waals surface area contributed by atoms with Crippen LogP contribution >= 0.6 is 46.4 Å². The van der Waals surface area contributed by atoms with Gasteiger partial charge in [0.1, 0.15) is 10.3 Å². The molecule has 0 unspecified atom stereocenters. The predicted octanol–water partition coefficient (Wildman–Crippen LogP) is 5.29. The molecule has 0 aliphatic rings. The van der Waals surface area contributed by atoms with Crippen molar-refractivity contribution in [2.24, 2.45) is 0 Å². The fourth-order valence-electron chi connectivity index (χ4n) is 1.44. The van der Waals surface area contributed by atoms with Gasteiger partial charge in [-0.2, -0.15) is 0 Å². The largest absolute Gasteiger partial charge is 0.224 e. The van der Waals surface area contributed by atoms with E-state index in [0.29, 0.717) is 26.8 Å². The fraction of sp³-hybridized carbons (Fsp3) is 0.0833. The molecule has 0 saturated carbocycles. The zero-order valence-electron chi connectivity index (χ0n) is 8.55. The molecular weight excluding hydrogens is 300 g/mol. The molecule has 0 spiro atoms. The number of hydrogen-bond acceptors (Lipinski definition) is 1. The highest BCUT2D eigenvalue weighted by Gasteiger charge is 2.05. The summed E-state index contributed by atoms with van der Waals surface area (Å²) in [7, 11) is 0. The molecule has 0 aliphatic heterocycles. The van der Waals surface area contributed by atoms with Crippen molar-refractivity contribution in [1.29, 1.82) is 0 Å². The molecule has 1 nitrogen and oxygen atoms in total. The molecule has 0 aliphatic carbocycles. The Morgan fingerprint density at radius 3 is 2.29 bits per heavy atom. The van der Waals surface area contributed by atoms with E-state index in [1.807, 2.05) is 18.2 Å². The molecule has 88 valence electrons. The van der Waals surface area contributed by atoms with Crippen LogP contribution in [-0.2, 0) is 6.42 Å². The van der Waals surface area contributed by atoms with E-state index in [2.05, 4.69) is 4.98 Å². The van der Waals surface area contributed by atoms with Crippen molar-refractivity contribution < 1.29 is 0 Å². The van der Waals surface area contributed by atoms with Gasteiger partial charge in [0.25, 0.3) is 0 Å². The van der Waals surface area contributed by atoms with Crippen LogP contribution in [0.4, 0.5) is 0 Å². The van der Waals surface area contributed by atoms with Gasteiger partial charge in [-0.15, -0.1) is 0 Å². The van der Waals surface area contributed by atoms with Gasteiger partial charge in [0.15, 0.2) is 0 Å². The Bertz CT molecular complexity index is 554. The Balaban J connectivity index is 2.28. The molecule has 1 aromatic heterocycles. The summed E-state index contributed by atoms with van der Waals surface area (Å²) in [6, 6.07) is 9.03. The van der Waals surface area contributed by atoms with E-state index in [1.165, 1.54) is 0 Å². The molecule has 0 amide bonds. The van der Waals surface area contributed by atoms with E-state index in [4.69, 9.17) is 46.4 Å². The second-order valence-electron chi connectivity index (χ2n) is 3.51. The lowest BCUT2D eigenvalue weighted by Crippen LogP contribution is -1.92. The van der Waals surface area contributed by atoms with Crippen molar-refractivity contribution in [3.05, 3.63) is 61.8 Å². The van der Waals surface area contributed by atoms with Gasteiger partial charge in [0.05, 0.1) is 10.0 Å². The molecule has 1 aromatic carbocycles. The summed E-state index contributed by atoms with van der Waals surface area (Å²) in [5, 5.41) is 1.86. The van der Waals surface area contributed by atoms with Gasteiger partial charge in [0, 0.05) is 6.42 Å². The van der Waals surface area contributed by atoms with E-state index in [-0.39, 0.29) is 0 Å². The molecule has 17 heavy (non-hydrogen) atoms. The number of benzene rings is 1. The first-order valence-electron chi connectivity index (χ1n) is 4.81. The molecule has 5 heteroatoms. The third-order valence-electron chi connectivity index (χ3n) is 2.27. The van der Waals surface area contributed by atoms with Crippen LogP contribution in [0.3, 0.4) is 0 Å². The number of hydrogen-bond donors (Lipinski definition) is 0. The normalized spacial score (nSPS) is 10.6. The standard InChI is InChI=1S/C12H7Cl4N/c13-9-3-1-7(6-10(9)14)5-8-2-4-11(15)17-12(8)16/h1-4,6H,5H2. The van der Waals surface area contributed by atoms with E-state index in [0.717, 1.165) is 11.1 Å². The zero-order valence-corrected chi connectivity index (χ0v) is 11.6. The maximum Gasteiger partial charge on any atom is 0.134 e. The Morgan fingerprint density at radius 2 is 1.65 bits per heavy atom. The van der Waals surface area contributed by atoms with E-state index in [1.54, 1.807) is 12.1 Å². The van der Waals surface area contributed by atoms with Crippen molar-refractivity contribution in [1.82, 2.24) is 4.98 Å². The van der Waals surface area contributed by atoms with Gasteiger partial charge in [-0.25, -0.2) is 4.98 Å². The minimum Gasteiger partial charge on any atom is -0.224 e. The molecule has 0 atom stereocenters. The monoisotopic (exact) mass is 305 g/mol. The van der Waals surface area contributed by atoms with Crippen molar-refractivity contribution in [2.75, 3.05) is 0 Å². The van der Waals surface area contributed by atoms with Crippen molar-refractivity contribution in [2.45, 2.75) is 6.42 Å². The van der Waals surface area contributed by atoms with Gasteiger partial charge < -0.3 is 0 Å². The molecule has 1 heterocycles. The lowest BCUT2D eigenvalue weighted by atomic mass is 10.1. The highest BCUT2D eigenvalue weighted by Crippen LogP contribution is 2.25. The summed E-state index contributed by atoms with van der Waals surface area (Å²) < 4.78 is 0. The fourth-order valence-corrected chi connectivity index (χ4v) is 2.17. The topological polar surface area (TPSA) is 12.9 Å². The van der Waals surface area contributed by atoms with Gasteiger partial charge in [-0.1, -0.05) is 58.5 Å². The summed E-state index contributed by atoms with van der Waals surface area (Å²) in [6.45, 7) is 0. The van der Waals surface area contributed by atoms with Crippen LogP contribution in [0.25, 0.3) is 0 Å². The quantitative estimate of drug-likeness (QED) is 0.687. The second-order valence-corrected chi connectivity index (χ2v) is 5.07. The van der Waals surface area contributed by atoms with Gasteiger partial charge in [0.2, 0.25) is 0 Å². The predicted molar refractivity (Wildman–Crippen MR) is 73.5 cm³/mol. The van der Waals surface area contributed by atoms with E-state index < -0.39 is 0 Å². The maximum absolute atomic E-state index is 6.00. The third-order valence-corrected chi connectivity index (χ3v) is 3.55. The highest BCUT2D eigenvalue weighted by molar-refractivity contribution is 6.42. The van der Waals surface area contributed by atoms with Crippen LogP contribution < -0.4 is 0 Å². The first-order valence-corrected chi connectivity index (χ1v) is 6.32. The smallest absolute Gasteiger partial charge is 0.134 e. The molecule has 0 fully saturated rings. The zero-order chi connectivity index (χ0) is 12.4. The van der Waals surface area contributed by atoms with Crippen LogP contribution in [-0.4, -0.2) is 4.98 Å². The van der Waals surface area contributed by atoms with Crippen LogP contribution in [0.15, 0.2) is 30.3 Å². The Hall–Kier alpha value is -0.470. The molecule has 0 N–H and O–H groups in total. The summed E-state index contributed by atoms with van der Waals surface area (Å²) >= 11 is 23.5. The van der Waals surface area contributed by atoms with Gasteiger partial charge in [-0.3, -0.25) is 0 Å². The summed E-state index contributed by atoms with van der Waals surface area (Å²) in [6.07, 6.45) is 0.639. The first kappa shape index (κ1) is 13.0. The maximum atomic E-state index is 6.00. The lowest BCUT2D eigenvalue weighted by molar-refractivity contribution is 1.15. The second kappa shape index (κ2) is 5.45. The van der Waals surface area contributed by atoms with E-state index in [9.17, 15) is 0 Å². The van der Waals surface area contributed by atoms with Crippen LogP contribution in [0.5, 0.6) is 0 Å². The molecule has 2 aromatic rings. The van der Waals surface area contributed by atoms with Crippen molar-refractivity contribution in [3.63, 3.8) is 0 Å². The van der Waals surface area contributed by atoms with Crippen LogP contribution in [0, 0.1) is 0 Å². The highest BCUT2D eigenvalue weighted by atomic mass is 35.5. The number of nitrogens with zero attached hydrogens (tertiary/aromatic N) is 1. The molecular formula is C12H7Cl4N. The molecule has 0 saturated heterocycles. The number of halogens is 4. The minimum absolute atomic E-state index is 0.382. The Morgan fingerprint density at radius 1 is 0.882 bits per heavy atom. The van der Waals surface area contributed by atoms with Crippen LogP contribution in [0.1, 0.15) is 11.1 Å². The van der Waals surface area contributed by atoms with Crippen LogP contribution in [0.2, 0.25) is 20.4 Å².